The molecule has 0 saturated heterocycles. The first-order valence-electron chi connectivity index (χ1n) is 6.56. The van der Waals surface area contributed by atoms with E-state index in [2.05, 4.69) is 36.8 Å². The number of thiophene rings is 1. The van der Waals surface area contributed by atoms with Gasteiger partial charge in [0.25, 0.3) is 0 Å². The number of nitrogens with zero attached hydrogens (tertiary/aromatic N) is 4. The number of allylic oxidation sites excluding steroid dienone is 1. The molecule has 1 aliphatic heterocycles. The van der Waals surface area contributed by atoms with Crippen molar-refractivity contribution in [2.45, 2.75) is 32.2 Å². The van der Waals surface area contributed by atoms with Crippen LogP contribution in [0.1, 0.15) is 35.8 Å². The highest BCUT2D eigenvalue weighted by Gasteiger charge is 2.17. The van der Waals surface area contributed by atoms with Crippen molar-refractivity contribution in [1.82, 2.24) is 14.8 Å². The molecule has 6 heteroatoms. The van der Waals surface area contributed by atoms with Crippen LogP contribution in [0.15, 0.2) is 15.9 Å². The maximum Gasteiger partial charge on any atom is 0.174 e. The van der Waals surface area contributed by atoms with Crippen LogP contribution >= 0.6 is 27.3 Å². The van der Waals surface area contributed by atoms with E-state index in [0.717, 1.165) is 41.0 Å². The third-order valence-electron chi connectivity index (χ3n) is 3.35. The lowest BCUT2D eigenvalue weighted by Crippen LogP contribution is -2.05. The Morgan fingerprint density at radius 3 is 3.05 bits per heavy atom. The molecule has 0 bridgehead atoms. The first-order valence-corrected chi connectivity index (χ1v) is 8.23. The van der Waals surface area contributed by atoms with E-state index in [0.29, 0.717) is 11.4 Å². The zero-order valence-corrected chi connectivity index (χ0v) is 13.2. The maximum absolute atomic E-state index is 9.43. The van der Waals surface area contributed by atoms with E-state index in [4.69, 9.17) is 0 Å². The van der Waals surface area contributed by atoms with Gasteiger partial charge >= 0.3 is 0 Å². The molecule has 0 unspecified atom stereocenters. The molecule has 0 amide bonds. The lowest BCUT2D eigenvalue weighted by atomic mass is 10.2. The van der Waals surface area contributed by atoms with Crippen molar-refractivity contribution in [3.63, 3.8) is 0 Å². The van der Waals surface area contributed by atoms with Gasteiger partial charge in [-0.3, -0.25) is 0 Å². The highest BCUT2D eigenvalue weighted by molar-refractivity contribution is 9.10. The van der Waals surface area contributed by atoms with Gasteiger partial charge in [-0.2, -0.15) is 5.26 Å². The summed E-state index contributed by atoms with van der Waals surface area (Å²) in [5.74, 6) is 1.71. The van der Waals surface area contributed by atoms with Crippen LogP contribution in [0.3, 0.4) is 0 Å². The molecule has 0 spiro atoms. The summed E-state index contributed by atoms with van der Waals surface area (Å²) in [7, 11) is 0. The van der Waals surface area contributed by atoms with Gasteiger partial charge in [-0.25, -0.2) is 0 Å². The fourth-order valence-corrected chi connectivity index (χ4v) is 3.75. The van der Waals surface area contributed by atoms with Crippen molar-refractivity contribution in [2.24, 2.45) is 0 Å². The van der Waals surface area contributed by atoms with Crippen molar-refractivity contribution in [3.05, 3.63) is 32.4 Å². The molecule has 3 heterocycles. The lowest BCUT2D eigenvalue weighted by Gasteiger charge is -2.05. The van der Waals surface area contributed by atoms with E-state index in [1.165, 1.54) is 6.42 Å². The summed E-state index contributed by atoms with van der Waals surface area (Å²) in [6.07, 6.45) is 6.34. The fraction of sp³-hybridized carbons (Fsp3) is 0.357. The Morgan fingerprint density at radius 1 is 1.40 bits per heavy atom. The highest BCUT2D eigenvalue weighted by atomic mass is 79.9. The highest BCUT2D eigenvalue weighted by Crippen LogP contribution is 2.25. The summed E-state index contributed by atoms with van der Waals surface area (Å²) in [5, 5.41) is 19.9. The fourth-order valence-electron chi connectivity index (χ4n) is 2.38. The van der Waals surface area contributed by atoms with Gasteiger partial charge in [-0.15, -0.1) is 21.5 Å². The van der Waals surface area contributed by atoms with Crippen LogP contribution in [-0.2, 0) is 13.0 Å². The number of fused-ring (bicyclic) bond motifs is 1. The summed E-state index contributed by atoms with van der Waals surface area (Å²) >= 11 is 5.03. The molecular weight excluding hydrogens is 336 g/mol. The second-order valence-corrected chi connectivity index (χ2v) is 6.60. The van der Waals surface area contributed by atoms with Crippen LogP contribution in [0.2, 0.25) is 0 Å². The monoisotopic (exact) mass is 348 g/mol. The summed E-state index contributed by atoms with van der Waals surface area (Å²) in [5.41, 5.74) is 0.583. The number of nitriles is 1. The molecule has 4 nitrogen and oxygen atoms in total. The molecule has 3 rings (SSSR count). The lowest BCUT2D eigenvalue weighted by molar-refractivity contribution is 0.627. The zero-order chi connectivity index (χ0) is 13.9. The molecule has 1 aliphatic rings. The maximum atomic E-state index is 9.43. The minimum atomic E-state index is 0.583. The van der Waals surface area contributed by atoms with Crippen LogP contribution in [0.5, 0.6) is 0 Å². The van der Waals surface area contributed by atoms with Crippen LogP contribution in [0.25, 0.3) is 11.6 Å². The first kappa shape index (κ1) is 13.5. The predicted octanol–water partition coefficient (Wildman–Crippen LogP) is 3.89. The minimum Gasteiger partial charge on any atom is -0.310 e. The zero-order valence-electron chi connectivity index (χ0n) is 10.8. The molecule has 0 saturated carbocycles. The minimum absolute atomic E-state index is 0.583. The molecule has 102 valence electrons. The Labute approximate surface area is 129 Å². The molecule has 0 N–H and O–H groups in total. The molecule has 0 aromatic carbocycles. The number of aromatic nitrogens is 3. The SMILES string of the molecule is N#C/C(=C/c1cc(Br)cs1)c1nnc2n1CCCCC2. The van der Waals surface area contributed by atoms with Crippen molar-refractivity contribution in [3.8, 4) is 6.07 Å². The molecule has 0 radical (unpaired) electrons. The van der Waals surface area contributed by atoms with Crippen LogP contribution in [0.4, 0.5) is 0 Å². The van der Waals surface area contributed by atoms with E-state index < -0.39 is 0 Å². The number of aryl methyl sites for hydroxylation is 1. The van der Waals surface area contributed by atoms with E-state index in [1.807, 2.05) is 17.5 Å². The van der Waals surface area contributed by atoms with Crippen molar-refractivity contribution in [1.29, 1.82) is 5.26 Å². The van der Waals surface area contributed by atoms with E-state index in [-0.39, 0.29) is 0 Å². The molecular formula is C14H13BrN4S. The summed E-state index contributed by atoms with van der Waals surface area (Å²) in [6, 6.07) is 4.26. The second kappa shape index (κ2) is 5.90. The third-order valence-corrected chi connectivity index (χ3v) is 4.99. The second-order valence-electron chi connectivity index (χ2n) is 4.74. The van der Waals surface area contributed by atoms with Gasteiger partial charge in [-0.1, -0.05) is 6.42 Å². The average Bonchev–Trinajstić information content (AvgIpc) is 2.96. The van der Waals surface area contributed by atoms with Crippen molar-refractivity contribution >= 4 is 38.9 Å². The molecule has 2 aromatic rings. The summed E-state index contributed by atoms with van der Waals surface area (Å²) < 4.78 is 3.14. The normalized spacial score (nSPS) is 15.5. The van der Waals surface area contributed by atoms with Gasteiger partial charge in [0.2, 0.25) is 0 Å². The third kappa shape index (κ3) is 2.69. The van der Waals surface area contributed by atoms with Gasteiger partial charge in [0.15, 0.2) is 5.82 Å². The first-order chi connectivity index (χ1) is 9.78. The molecule has 0 fully saturated rings. The smallest absolute Gasteiger partial charge is 0.174 e. The predicted molar refractivity (Wildman–Crippen MR) is 83.1 cm³/mol. The summed E-state index contributed by atoms with van der Waals surface area (Å²) in [6.45, 7) is 0.908. The van der Waals surface area contributed by atoms with Gasteiger partial charge in [-0.05, 0) is 40.9 Å². The van der Waals surface area contributed by atoms with Crippen LogP contribution in [0, 0.1) is 11.3 Å². The number of rotatable bonds is 2. The standard InChI is InChI=1S/C14H13BrN4S/c15-11-7-12(20-9-11)6-10(8-16)14-18-17-13-4-2-1-3-5-19(13)14/h6-7,9H,1-5H2/b10-6-. The van der Waals surface area contributed by atoms with Crippen molar-refractivity contribution < 1.29 is 0 Å². The largest absolute Gasteiger partial charge is 0.310 e. The van der Waals surface area contributed by atoms with E-state index in [1.54, 1.807) is 11.3 Å². The quantitative estimate of drug-likeness (QED) is 0.773. The number of hydrogen-bond donors (Lipinski definition) is 0. The van der Waals surface area contributed by atoms with E-state index >= 15 is 0 Å². The van der Waals surface area contributed by atoms with Gasteiger partial charge < -0.3 is 4.57 Å². The van der Waals surface area contributed by atoms with Crippen LogP contribution < -0.4 is 0 Å². The Morgan fingerprint density at radius 2 is 2.30 bits per heavy atom. The Bertz CT molecular complexity index is 692. The van der Waals surface area contributed by atoms with Gasteiger partial charge in [0.05, 0.1) is 5.57 Å². The Balaban J connectivity index is 2.00. The van der Waals surface area contributed by atoms with Crippen LogP contribution in [-0.4, -0.2) is 14.8 Å². The molecule has 2 aromatic heterocycles. The van der Waals surface area contributed by atoms with E-state index in [9.17, 15) is 5.26 Å². The molecule has 0 atom stereocenters. The summed E-state index contributed by atoms with van der Waals surface area (Å²) in [4.78, 5) is 1.04. The average molecular weight is 349 g/mol. The Kier molecular flexibility index (Phi) is 3.99. The van der Waals surface area contributed by atoms with Crippen molar-refractivity contribution in [2.75, 3.05) is 0 Å². The number of hydrogen-bond acceptors (Lipinski definition) is 4. The topological polar surface area (TPSA) is 54.5 Å². The molecule has 20 heavy (non-hydrogen) atoms. The molecule has 0 aliphatic carbocycles. The Hall–Kier alpha value is -1.45. The number of halogens is 1. The van der Waals surface area contributed by atoms with Gasteiger partial charge in [0, 0.05) is 27.7 Å². The van der Waals surface area contributed by atoms with Gasteiger partial charge in [0.1, 0.15) is 11.9 Å².